The van der Waals surface area contributed by atoms with Crippen LogP contribution in [0.25, 0.3) is 6.08 Å². The summed E-state index contributed by atoms with van der Waals surface area (Å²) in [6.45, 7) is 0.153. The van der Waals surface area contributed by atoms with Crippen molar-refractivity contribution in [2.75, 3.05) is 6.79 Å². The summed E-state index contributed by atoms with van der Waals surface area (Å²) in [4.78, 5) is 0. The van der Waals surface area contributed by atoms with E-state index in [9.17, 15) is 13.2 Å². The monoisotopic (exact) mass is 248 g/mol. The molecule has 0 bridgehead atoms. The van der Waals surface area contributed by atoms with Gasteiger partial charge in [0.1, 0.15) is 0 Å². The smallest absolute Gasteiger partial charge is 0.445 e. The van der Waals surface area contributed by atoms with Gasteiger partial charge in [0.2, 0.25) is 6.79 Å². The minimum atomic E-state index is -4.24. The van der Waals surface area contributed by atoms with Gasteiger partial charge in [-0.05, 0) is 40.9 Å². The lowest BCUT2D eigenvalue weighted by molar-refractivity contribution is -0.0319. The molecule has 16 heavy (non-hydrogen) atoms. The number of hydrogen-bond donors (Lipinski definition) is 0. The third kappa shape index (κ3) is 2.85. The van der Waals surface area contributed by atoms with Gasteiger partial charge in [0.15, 0.2) is 11.5 Å². The number of hydrogen-bond acceptors (Lipinski definition) is 3. The molecule has 1 heterocycles. The van der Waals surface area contributed by atoms with Crippen LogP contribution < -0.4 is 9.47 Å². The molecule has 1 aliphatic rings. The first-order valence-corrected chi connectivity index (χ1v) is 5.23. The molecular weight excluding hydrogens is 241 g/mol. The normalized spacial score (nSPS) is 14.7. The Morgan fingerprint density at radius 1 is 1.19 bits per heavy atom. The van der Waals surface area contributed by atoms with Crippen molar-refractivity contribution in [3.05, 3.63) is 29.2 Å². The largest absolute Gasteiger partial charge is 0.454 e. The maximum Gasteiger partial charge on any atom is 0.445 e. The maximum atomic E-state index is 11.8. The molecule has 1 aromatic carbocycles. The van der Waals surface area contributed by atoms with Crippen LogP contribution in [0.15, 0.2) is 23.6 Å². The Hall–Kier alpha value is -1.30. The van der Waals surface area contributed by atoms with Crippen molar-refractivity contribution in [3.8, 4) is 11.5 Å². The third-order valence-corrected chi connectivity index (χ3v) is 2.40. The molecule has 0 aromatic heterocycles. The van der Waals surface area contributed by atoms with E-state index in [2.05, 4.69) is 0 Å². The Morgan fingerprint density at radius 2 is 1.94 bits per heavy atom. The van der Waals surface area contributed by atoms with Gasteiger partial charge in [-0.15, -0.1) is 0 Å². The quantitative estimate of drug-likeness (QED) is 0.796. The van der Waals surface area contributed by atoms with Gasteiger partial charge in [-0.2, -0.15) is 13.2 Å². The SMILES string of the molecule is FC(F)(F)S/C=C/c1ccc2c(c1)OCO2. The minimum Gasteiger partial charge on any atom is -0.454 e. The Labute approximate surface area is 94.0 Å². The van der Waals surface area contributed by atoms with Gasteiger partial charge in [0.05, 0.1) is 0 Å². The minimum absolute atomic E-state index is 0.153. The zero-order chi connectivity index (χ0) is 11.6. The van der Waals surface area contributed by atoms with Gasteiger partial charge in [-0.3, -0.25) is 0 Å². The van der Waals surface area contributed by atoms with Crippen molar-refractivity contribution >= 4 is 17.8 Å². The predicted octanol–water partition coefficient (Wildman–Crippen LogP) is 3.64. The molecule has 1 aliphatic heterocycles. The van der Waals surface area contributed by atoms with Crippen LogP contribution in [-0.2, 0) is 0 Å². The fourth-order valence-electron chi connectivity index (χ4n) is 1.21. The first-order valence-electron chi connectivity index (χ1n) is 4.35. The molecule has 2 nitrogen and oxygen atoms in total. The lowest BCUT2D eigenvalue weighted by Gasteiger charge is -2.00. The summed E-state index contributed by atoms with van der Waals surface area (Å²) in [6.07, 6.45) is 1.38. The predicted molar refractivity (Wildman–Crippen MR) is 55.2 cm³/mol. The average Bonchev–Trinajstić information content (AvgIpc) is 2.62. The van der Waals surface area contributed by atoms with Crippen LogP contribution in [0.3, 0.4) is 0 Å². The molecule has 0 fully saturated rings. The molecule has 6 heteroatoms. The number of alkyl halides is 3. The van der Waals surface area contributed by atoms with Crippen molar-refractivity contribution in [2.45, 2.75) is 5.51 Å². The highest BCUT2D eigenvalue weighted by Gasteiger charge is 2.26. The zero-order valence-corrected chi connectivity index (χ0v) is 8.77. The highest BCUT2D eigenvalue weighted by atomic mass is 32.2. The number of ether oxygens (including phenoxy) is 2. The number of halogens is 3. The maximum absolute atomic E-state index is 11.8. The Balaban J connectivity index is 2.05. The van der Waals surface area contributed by atoms with E-state index in [0.29, 0.717) is 17.1 Å². The lowest BCUT2D eigenvalue weighted by Crippen LogP contribution is -1.96. The van der Waals surface area contributed by atoms with Crippen molar-refractivity contribution in [3.63, 3.8) is 0 Å². The van der Waals surface area contributed by atoms with E-state index >= 15 is 0 Å². The summed E-state index contributed by atoms with van der Waals surface area (Å²) in [7, 11) is 0. The van der Waals surface area contributed by atoms with Crippen LogP contribution in [-0.4, -0.2) is 12.3 Å². The summed E-state index contributed by atoms with van der Waals surface area (Å²) < 4.78 is 45.7. The average molecular weight is 248 g/mol. The van der Waals surface area contributed by atoms with E-state index in [1.807, 2.05) is 0 Å². The summed E-state index contributed by atoms with van der Waals surface area (Å²) in [5.74, 6) is 1.17. The highest BCUT2D eigenvalue weighted by Crippen LogP contribution is 2.34. The lowest BCUT2D eigenvalue weighted by atomic mass is 10.2. The van der Waals surface area contributed by atoms with Gasteiger partial charge >= 0.3 is 5.51 Å². The molecular formula is C10H7F3O2S. The second-order valence-corrected chi connectivity index (χ2v) is 3.95. The molecule has 0 atom stereocenters. The molecule has 0 amide bonds. The van der Waals surface area contributed by atoms with Crippen LogP contribution in [0.4, 0.5) is 13.2 Å². The molecule has 0 N–H and O–H groups in total. The van der Waals surface area contributed by atoms with E-state index in [1.54, 1.807) is 18.2 Å². The molecule has 0 aliphatic carbocycles. The summed E-state index contributed by atoms with van der Waals surface area (Å²) in [6, 6.07) is 4.97. The number of benzene rings is 1. The molecule has 86 valence electrons. The van der Waals surface area contributed by atoms with Crippen LogP contribution in [0.1, 0.15) is 5.56 Å². The number of rotatable bonds is 2. The molecule has 0 saturated carbocycles. The number of fused-ring (bicyclic) bond motifs is 1. The zero-order valence-electron chi connectivity index (χ0n) is 7.95. The molecule has 0 spiro atoms. The number of thioether (sulfide) groups is 1. The molecule has 0 unspecified atom stereocenters. The van der Waals surface area contributed by atoms with E-state index in [-0.39, 0.29) is 18.6 Å². The first-order chi connectivity index (χ1) is 7.54. The highest BCUT2D eigenvalue weighted by molar-refractivity contribution is 8.03. The summed E-state index contributed by atoms with van der Waals surface area (Å²) in [5.41, 5.74) is -3.60. The molecule has 0 radical (unpaired) electrons. The summed E-state index contributed by atoms with van der Waals surface area (Å²) in [5, 5.41) is 0.998. The second-order valence-electron chi connectivity index (χ2n) is 2.98. The van der Waals surface area contributed by atoms with Crippen molar-refractivity contribution < 1.29 is 22.6 Å². The van der Waals surface area contributed by atoms with E-state index in [4.69, 9.17) is 9.47 Å². The third-order valence-electron chi connectivity index (χ3n) is 1.86. The van der Waals surface area contributed by atoms with Crippen LogP contribution in [0.5, 0.6) is 11.5 Å². The fourth-order valence-corrected chi connectivity index (χ4v) is 1.59. The molecule has 1 aromatic rings. The van der Waals surface area contributed by atoms with Gasteiger partial charge in [-0.1, -0.05) is 6.07 Å². The fraction of sp³-hybridized carbons (Fsp3) is 0.200. The van der Waals surface area contributed by atoms with Crippen LogP contribution in [0, 0.1) is 0 Å². The Morgan fingerprint density at radius 3 is 2.69 bits per heavy atom. The van der Waals surface area contributed by atoms with E-state index < -0.39 is 5.51 Å². The van der Waals surface area contributed by atoms with Gasteiger partial charge < -0.3 is 9.47 Å². The standard InChI is InChI=1S/C10H7F3O2S/c11-10(12,13)16-4-3-7-1-2-8-9(5-7)15-6-14-8/h1-5H,6H2/b4-3+. The van der Waals surface area contributed by atoms with Gasteiger partial charge in [0, 0.05) is 0 Å². The summed E-state index contributed by atoms with van der Waals surface area (Å²) >= 11 is -0.191. The first kappa shape index (κ1) is 11.2. The van der Waals surface area contributed by atoms with Crippen LogP contribution >= 0.6 is 11.8 Å². The van der Waals surface area contributed by atoms with Crippen LogP contribution in [0.2, 0.25) is 0 Å². The van der Waals surface area contributed by atoms with E-state index in [0.717, 1.165) is 5.41 Å². The topological polar surface area (TPSA) is 18.5 Å². The van der Waals surface area contributed by atoms with Gasteiger partial charge in [-0.25, -0.2) is 0 Å². The molecule has 0 saturated heterocycles. The van der Waals surface area contributed by atoms with Crippen molar-refractivity contribution in [2.24, 2.45) is 0 Å². The molecule has 2 rings (SSSR count). The van der Waals surface area contributed by atoms with Gasteiger partial charge in [0.25, 0.3) is 0 Å². The van der Waals surface area contributed by atoms with E-state index in [1.165, 1.54) is 6.08 Å². The Kier molecular flexibility index (Phi) is 3.00. The Bertz CT molecular complexity index is 415. The van der Waals surface area contributed by atoms with Crippen molar-refractivity contribution in [1.82, 2.24) is 0 Å². The second kappa shape index (κ2) is 4.29. The van der Waals surface area contributed by atoms with Crippen molar-refractivity contribution in [1.29, 1.82) is 0 Å².